The van der Waals surface area contributed by atoms with Gasteiger partial charge in [0.2, 0.25) is 0 Å². The summed E-state index contributed by atoms with van der Waals surface area (Å²) in [5.41, 5.74) is 0. The molecule has 2 N–H and O–H groups in total. The Morgan fingerprint density at radius 1 is 0.423 bits per heavy atom. The van der Waals surface area contributed by atoms with Crippen LogP contribution < -0.4 is 0 Å². The van der Waals surface area contributed by atoms with E-state index >= 15 is 0 Å². The fourth-order valence-corrected chi connectivity index (χ4v) is 4.24. The summed E-state index contributed by atoms with van der Waals surface area (Å²) in [5.74, 6) is 0.644. The molecule has 1 saturated carbocycles. The van der Waals surface area contributed by atoms with Crippen LogP contribution in [0.15, 0.2) is 60.7 Å². The quantitative estimate of drug-likeness (QED) is 0.428. The van der Waals surface area contributed by atoms with E-state index in [1.165, 1.54) is 0 Å². The van der Waals surface area contributed by atoms with Gasteiger partial charge in [-0.2, -0.15) is 0 Å². The fourth-order valence-electron chi connectivity index (χ4n) is 1.91. The zero-order valence-electron chi connectivity index (χ0n) is 13.4. The number of alkyl halides is 6. The molecule has 0 bridgehead atoms. The molecule has 2 aromatic rings. The number of para-hydroxylation sites is 2. The number of hydrogen-bond donors (Lipinski definition) is 2. The summed E-state index contributed by atoms with van der Waals surface area (Å²) < 4.78 is 0. The van der Waals surface area contributed by atoms with Crippen LogP contribution >= 0.6 is 69.6 Å². The second kappa shape index (κ2) is 12.3. The first kappa shape index (κ1) is 23.8. The summed E-state index contributed by atoms with van der Waals surface area (Å²) in [4.78, 5) is 0. The molecular weight excluding hydrogens is 461 g/mol. The number of phenols is 2. The van der Waals surface area contributed by atoms with Crippen LogP contribution in [0.1, 0.15) is 0 Å². The number of hydrogen-bond acceptors (Lipinski definition) is 2. The maximum absolute atomic E-state index is 8.63. The third-order valence-electron chi connectivity index (χ3n) is 3.34. The van der Waals surface area contributed by atoms with Crippen LogP contribution in [0.25, 0.3) is 0 Å². The summed E-state index contributed by atoms with van der Waals surface area (Å²) in [6.07, 6.45) is 0. The number of aromatic hydroxyl groups is 2. The Kier molecular flexibility index (Phi) is 11.2. The van der Waals surface area contributed by atoms with Crippen molar-refractivity contribution in [2.24, 2.45) is 0 Å². The normalized spacial score (nSPS) is 30.2. The average molecular weight is 479 g/mol. The standard InChI is InChI=1S/C6H6Cl6.2C6H6O/c7-1-2(8)4(10)6(12)5(11)3(1)9;2*7-6-4-2-1-3-5-6/h1-6H;2*1-5,7H/t1-,2-,3-,4+,5+,6+;;. The lowest BCUT2D eigenvalue weighted by molar-refractivity contribution is 0.475. The van der Waals surface area contributed by atoms with E-state index in [9.17, 15) is 0 Å². The molecule has 1 fully saturated rings. The lowest BCUT2D eigenvalue weighted by Crippen LogP contribution is -2.52. The Bertz CT molecular complexity index is 520. The number of benzene rings is 2. The van der Waals surface area contributed by atoms with Crippen LogP contribution in [0.3, 0.4) is 0 Å². The number of rotatable bonds is 0. The molecule has 8 heteroatoms. The molecule has 0 aromatic heterocycles. The van der Waals surface area contributed by atoms with Crippen molar-refractivity contribution in [3.8, 4) is 11.5 Å². The van der Waals surface area contributed by atoms with E-state index in [1.807, 2.05) is 12.1 Å². The molecule has 0 amide bonds. The Morgan fingerprint density at radius 3 is 0.731 bits per heavy atom. The van der Waals surface area contributed by atoms with Crippen LogP contribution in [-0.2, 0) is 0 Å². The van der Waals surface area contributed by atoms with E-state index in [0.29, 0.717) is 11.5 Å². The molecule has 3 rings (SSSR count). The Hall–Kier alpha value is -0.220. The maximum atomic E-state index is 8.63. The molecule has 1 aliphatic rings. The molecule has 0 radical (unpaired) electrons. The van der Waals surface area contributed by atoms with Gasteiger partial charge in [0.05, 0.1) is 32.3 Å². The molecule has 0 aliphatic heterocycles. The molecule has 0 saturated heterocycles. The molecule has 0 unspecified atom stereocenters. The number of phenolic OH excluding ortho intramolecular Hbond substituents is 2. The van der Waals surface area contributed by atoms with Crippen LogP contribution in [0.5, 0.6) is 11.5 Å². The minimum Gasteiger partial charge on any atom is -0.508 e. The zero-order valence-corrected chi connectivity index (χ0v) is 17.9. The molecule has 0 spiro atoms. The van der Waals surface area contributed by atoms with E-state index in [-0.39, 0.29) is 0 Å². The SMILES string of the molecule is Cl[C@H]1[C@H](Cl)[C@@H](Cl)[C@@H](Cl)[C@H](Cl)[C@H]1Cl.Oc1ccccc1.Oc1ccccc1. The molecular formula is C18H18Cl6O2. The molecule has 2 aromatic carbocycles. The minimum absolute atomic E-state index is 0.322. The molecule has 0 heterocycles. The van der Waals surface area contributed by atoms with Crippen LogP contribution in [0, 0.1) is 0 Å². The molecule has 1 aliphatic carbocycles. The second-order valence-corrected chi connectivity index (χ2v) is 8.36. The van der Waals surface area contributed by atoms with Crippen molar-refractivity contribution in [1.29, 1.82) is 0 Å². The highest BCUT2D eigenvalue weighted by Crippen LogP contribution is 2.39. The second-order valence-electron chi connectivity index (χ2n) is 5.34. The molecule has 2 nitrogen and oxygen atoms in total. The summed E-state index contributed by atoms with van der Waals surface area (Å²) in [6.45, 7) is 0. The van der Waals surface area contributed by atoms with E-state index < -0.39 is 32.3 Å². The average Bonchev–Trinajstić information content (AvgIpc) is 2.65. The van der Waals surface area contributed by atoms with Crippen molar-refractivity contribution in [2.45, 2.75) is 32.3 Å². The van der Waals surface area contributed by atoms with Crippen molar-refractivity contribution in [2.75, 3.05) is 0 Å². The van der Waals surface area contributed by atoms with Gasteiger partial charge in [0.1, 0.15) is 11.5 Å². The summed E-state index contributed by atoms with van der Waals surface area (Å²) >= 11 is 35.3. The minimum atomic E-state index is -0.437. The summed E-state index contributed by atoms with van der Waals surface area (Å²) in [7, 11) is 0. The van der Waals surface area contributed by atoms with Gasteiger partial charge < -0.3 is 10.2 Å². The van der Waals surface area contributed by atoms with Gasteiger partial charge in [-0.15, -0.1) is 69.6 Å². The third-order valence-corrected chi connectivity index (χ3v) is 7.37. The van der Waals surface area contributed by atoms with E-state index in [0.717, 1.165) is 0 Å². The first-order valence-corrected chi connectivity index (χ1v) is 10.2. The van der Waals surface area contributed by atoms with Crippen LogP contribution in [-0.4, -0.2) is 42.5 Å². The van der Waals surface area contributed by atoms with Crippen molar-refractivity contribution in [3.05, 3.63) is 60.7 Å². The van der Waals surface area contributed by atoms with E-state index in [2.05, 4.69) is 0 Å². The van der Waals surface area contributed by atoms with Gasteiger partial charge in [-0.1, -0.05) is 36.4 Å². The topological polar surface area (TPSA) is 40.5 Å². The van der Waals surface area contributed by atoms with Crippen LogP contribution in [0.4, 0.5) is 0 Å². The largest absolute Gasteiger partial charge is 0.508 e. The highest BCUT2D eigenvalue weighted by Gasteiger charge is 2.46. The Labute approximate surface area is 183 Å². The molecule has 0 atom stereocenters. The van der Waals surface area contributed by atoms with E-state index in [4.69, 9.17) is 79.8 Å². The van der Waals surface area contributed by atoms with Gasteiger partial charge in [-0.05, 0) is 24.3 Å². The monoisotopic (exact) mass is 476 g/mol. The summed E-state index contributed by atoms with van der Waals surface area (Å²) in [6, 6.07) is 17.4. The molecule has 26 heavy (non-hydrogen) atoms. The Balaban J connectivity index is 0.000000207. The smallest absolute Gasteiger partial charge is 0.115 e. The van der Waals surface area contributed by atoms with Gasteiger partial charge >= 0.3 is 0 Å². The number of halogens is 6. The van der Waals surface area contributed by atoms with Gasteiger partial charge in [-0.25, -0.2) is 0 Å². The summed E-state index contributed by atoms with van der Waals surface area (Å²) in [5, 5.41) is 14.6. The van der Waals surface area contributed by atoms with E-state index in [1.54, 1.807) is 48.5 Å². The highest BCUT2D eigenvalue weighted by molar-refractivity contribution is 6.45. The maximum Gasteiger partial charge on any atom is 0.115 e. The first-order chi connectivity index (χ1) is 12.3. The van der Waals surface area contributed by atoms with Crippen LogP contribution in [0.2, 0.25) is 0 Å². The van der Waals surface area contributed by atoms with Crippen molar-refractivity contribution >= 4 is 69.6 Å². The lowest BCUT2D eigenvalue weighted by atomic mass is 9.97. The van der Waals surface area contributed by atoms with Gasteiger partial charge in [-0.3, -0.25) is 0 Å². The Morgan fingerprint density at radius 2 is 0.615 bits per heavy atom. The van der Waals surface area contributed by atoms with Crippen molar-refractivity contribution in [3.63, 3.8) is 0 Å². The predicted octanol–water partition coefficient (Wildman–Crippen LogP) is 6.43. The fraction of sp³-hybridized carbons (Fsp3) is 0.333. The zero-order chi connectivity index (χ0) is 19.7. The lowest BCUT2D eigenvalue weighted by Gasteiger charge is -2.37. The molecule has 144 valence electrons. The highest BCUT2D eigenvalue weighted by atomic mass is 35.5. The van der Waals surface area contributed by atoms with Gasteiger partial charge in [0, 0.05) is 0 Å². The van der Waals surface area contributed by atoms with Crippen molar-refractivity contribution in [1.82, 2.24) is 0 Å². The third kappa shape index (κ3) is 7.80. The van der Waals surface area contributed by atoms with Crippen molar-refractivity contribution < 1.29 is 10.2 Å². The van der Waals surface area contributed by atoms with Gasteiger partial charge in [0.25, 0.3) is 0 Å². The van der Waals surface area contributed by atoms with Gasteiger partial charge in [0.15, 0.2) is 0 Å². The predicted molar refractivity (Wildman–Crippen MR) is 114 cm³/mol. The first-order valence-electron chi connectivity index (χ1n) is 7.58.